The smallest absolute Gasteiger partial charge is 0.286 e. The van der Waals surface area contributed by atoms with Gasteiger partial charge >= 0.3 is 0 Å². The van der Waals surface area contributed by atoms with E-state index >= 15 is 0 Å². The predicted octanol–water partition coefficient (Wildman–Crippen LogP) is 3.85. The van der Waals surface area contributed by atoms with Crippen molar-refractivity contribution in [2.24, 2.45) is 5.10 Å². The van der Waals surface area contributed by atoms with Gasteiger partial charge in [-0.2, -0.15) is 5.10 Å². The van der Waals surface area contributed by atoms with Crippen LogP contribution in [0.15, 0.2) is 58.5 Å². The Hall–Kier alpha value is -2.38. The zero-order valence-electron chi connectivity index (χ0n) is 15.9. The minimum absolute atomic E-state index is 0.107. The topological polar surface area (TPSA) is 70.0 Å². The lowest BCUT2D eigenvalue weighted by atomic mass is 10.2. The molecular formula is C21H22ClN3O3S. The van der Waals surface area contributed by atoms with Gasteiger partial charge in [-0.15, -0.1) is 0 Å². The van der Waals surface area contributed by atoms with E-state index in [1.165, 1.54) is 6.07 Å². The fraction of sp³-hybridized carbons (Fsp3) is 0.333. The quantitative estimate of drug-likeness (QED) is 0.740. The van der Waals surface area contributed by atoms with Crippen molar-refractivity contribution in [2.45, 2.75) is 37.1 Å². The van der Waals surface area contributed by atoms with Crippen LogP contribution in [0.1, 0.15) is 31.2 Å². The molecule has 0 unspecified atom stereocenters. The Morgan fingerprint density at radius 2 is 1.72 bits per heavy atom. The number of benzene rings is 2. The van der Waals surface area contributed by atoms with E-state index < -0.39 is 20.8 Å². The van der Waals surface area contributed by atoms with Crippen LogP contribution in [0, 0.1) is 0 Å². The summed E-state index contributed by atoms with van der Waals surface area (Å²) >= 11 is 6.09. The van der Waals surface area contributed by atoms with Crippen LogP contribution in [0.5, 0.6) is 0 Å². The summed E-state index contributed by atoms with van der Waals surface area (Å²) < 4.78 is 26.4. The zero-order chi connectivity index (χ0) is 20.4. The molecule has 0 saturated carbocycles. The van der Waals surface area contributed by atoms with Crippen LogP contribution in [0.4, 0.5) is 5.69 Å². The van der Waals surface area contributed by atoms with Gasteiger partial charge in [-0.05, 0) is 42.7 Å². The maximum atomic E-state index is 13.2. The molecule has 1 amide bonds. The Kier molecular flexibility index (Phi) is 5.61. The van der Waals surface area contributed by atoms with Gasteiger partial charge in [0.15, 0.2) is 0 Å². The number of hydrogen-bond acceptors (Lipinski definition) is 5. The van der Waals surface area contributed by atoms with E-state index in [1.807, 2.05) is 12.1 Å². The lowest BCUT2D eigenvalue weighted by Crippen LogP contribution is -2.43. The van der Waals surface area contributed by atoms with Crippen molar-refractivity contribution in [2.75, 3.05) is 18.1 Å². The highest BCUT2D eigenvalue weighted by Crippen LogP contribution is 2.33. The van der Waals surface area contributed by atoms with E-state index in [0.29, 0.717) is 30.3 Å². The molecule has 2 heterocycles. The molecule has 0 radical (unpaired) electrons. The van der Waals surface area contributed by atoms with Gasteiger partial charge in [0.2, 0.25) is 14.9 Å². The lowest BCUT2D eigenvalue weighted by molar-refractivity contribution is -0.123. The van der Waals surface area contributed by atoms with Crippen molar-refractivity contribution in [1.82, 2.24) is 4.90 Å². The highest BCUT2D eigenvalue weighted by atomic mass is 35.5. The van der Waals surface area contributed by atoms with Crippen molar-refractivity contribution >= 4 is 38.1 Å². The highest BCUT2D eigenvalue weighted by molar-refractivity contribution is 8.08. The van der Waals surface area contributed by atoms with Crippen molar-refractivity contribution in [3.05, 3.63) is 59.1 Å². The second-order valence-corrected chi connectivity index (χ2v) is 9.54. The molecule has 1 fully saturated rings. The molecule has 2 aliphatic heterocycles. The van der Waals surface area contributed by atoms with Crippen LogP contribution in [0.2, 0.25) is 5.02 Å². The first-order chi connectivity index (χ1) is 14.0. The number of hydrazone groups is 1. The Morgan fingerprint density at radius 3 is 2.45 bits per heavy atom. The van der Waals surface area contributed by atoms with Crippen LogP contribution >= 0.6 is 11.6 Å². The summed E-state index contributed by atoms with van der Waals surface area (Å²) in [5.74, 6) is -0.516. The summed E-state index contributed by atoms with van der Waals surface area (Å²) in [6.45, 7) is 1.43. The summed E-state index contributed by atoms with van der Waals surface area (Å²) in [7, 11) is -3.99. The van der Waals surface area contributed by atoms with Crippen LogP contribution in [-0.2, 0) is 21.2 Å². The molecule has 2 aromatic carbocycles. The van der Waals surface area contributed by atoms with Gasteiger partial charge < -0.3 is 4.90 Å². The van der Waals surface area contributed by atoms with Crippen molar-refractivity contribution in [3.63, 3.8) is 0 Å². The third-order valence-electron chi connectivity index (χ3n) is 5.20. The summed E-state index contributed by atoms with van der Waals surface area (Å²) in [6.07, 6.45) is 3.85. The molecule has 8 heteroatoms. The normalized spacial score (nSPS) is 18.6. The molecule has 0 N–H and O–H groups in total. The maximum Gasteiger partial charge on any atom is 0.286 e. The number of nitrogens with zero attached hydrogens (tertiary/aromatic N) is 3. The molecule has 2 aliphatic rings. The number of likely N-dealkylation sites (tertiary alicyclic amines) is 1. The minimum Gasteiger partial charge on any atom is -0.337 e. The van der Waals surface area contributed by atoms with E-state index in [9.17, 15) is 13.2 Å². The average Bonchev–Trinajstić information content (AvgIpc) is 2.99. The van der Waals surface area contributed by atoms with E-state index in [-0.39, 0.29) is 4.90 Å². The first-order valence-corrected chi connectivity index (χ1v) is 11.6. The minimum atomic E-state index is -3.99. The number of carbonyl (C=O) groups is 1. The highest BCUT2D eigenvalue weighted by Gasteiger charge is 2.39. The number of hydrogen-bond donors (Lipinski definition) is 0. The number of rotatable bonds is 3. The Bertz CT molecular complexity index is 1060. The fourth-order valence-electron chi connectivity index (χ4n) is 3.71. The third kappa shape index (κ3) is 4.02. The average molecular weight is 432 g/mol. The monoisotopic (exact) mass is 431 g/mol. The second-order valence-electron chi connectivity index (χ2n) is 7.27. The predicted molar refractivity (Wildman–Crippen MR) is 114 cm³/mol. The molecule has 4 rings (SSSR count). The van der Waals surface area contributed by atoms with Crippen molar-refractivity contribution < 1.29 is 13.2 Å². The van der Waals surface area contributed by atoms with Crippen LogP contribution in [0.3, 0.4) is 0 Å². The van der Waals surface area contributed by atoms with E-state index in [4.69, 9.17) is 11.6 Å². The first kappa shape index (κ1) is 19.9. The molecule has 152 valence electrons. The number of sulfone groups is 1. The third-order valence-corrected chi connectivity index (χ3v) is 7.12. The number of para-hydroxylation sites is 1. The van der Waals surface area contributed by atoms with Gasteiger partial charge in [0.05, 0.1) is 17.1 Å². The van der Waals surface area contributed by atoms with Gasteiger partial charge in [0.25, 0.3) is 5.91 Å². The molecule has 1 saturated heterocycles. The molecule has 29 heavy (non-hydrogen) atoms. The molecule has 0 atom stereocenters. The first-order valence-electron chi connectivity index (χ1n) is 9.71. The van der Waals surface area contributed by atoms with Crippen molar-refractivity contribution in [1.29, 1.82) is 0 Å². The second kappa shape index (κ2) is 8.16. The molecular weight excluding hydrogens is 410 g/mol. The Labute approximate surface area is 175 Å². The zero-order valence-corrected chi connectivity index (χ0v) is 17.5. The number of amides is 1. The molecule has 0 spiro atoms. The number of carbonyl (C=O) groups excluding carboxylic acids is 1. The van der Waals surface area contributed by atoms with Crippen LogP contribution in [0.25, 0.3) is 0 Å². The standard InChI is InChI=1S/C21H22ClN3O3S/c22-17-9-7-8-16(14-17)15-25-18-10-3-4-11-19(18)29(27,28)20(23-25)21(26)24-12-5-1-2-6-13-24/h3-4,7-11,14H,1-2,5-6,12-13,15H2. The van der Waals surface area contributed by atoms with E-state index in [0.717, 1.165) is 31.2 Å². The maximum absolute atomic E-state index is 13.2. The number of anilines is 1. The van der Waals surface area contributed by atoms with Crippen LogP contribution in [-0.4, -0.2) is 37.4 Å². The Morgan fingerprint density at radius 1 is 1.00 bits per heavy atom. The molecule has 0 aromatic heterocycles. The lowest BCUT2D eigenvalue weighted by Gasteiger charge is -2.29. The van der Waals surface area contributed by atoms with Crippen molar-refractivity contribution in [3.8, 4) is 0 Å². The van der Waals surface area contributed by atoms with Gasteiger partial charge in [-0.25, -0.2) is 8.42 Å². The molecule has 2 aromatic rings. The molecule has 0 bridgehead atoms. The van der Waals surface area contributed by atoms with Gasteiger partial charge in [0, 0.05) is 18.1 Å². The van der Waals surface area contributed by atoms with E-state index in [2.05, 4.69) is 5.10 Å². The van der Waals surface area contributed by atoms with Gasteiger partial charge in [-0.3, -0.25) is 9.80 Å². The van der Waals surface area contributed by atoms with Gasteiger partial charge in [-0.1, -0.05) is 48.7 Å². The molecule has 0 aliphatic carbocycles. The van der Waals surface area contributed by atoms with E-state index in [1.54, 1.807) is 40.2 Å². The summed E-state index contributed by atoms with van der Waals surface area (Å²) in [5, 5.41) is 6.10. The Balaban J connectivity index is 1.75. The fourth-order valence-corrected chi connectivity index (χ4v) is 5.41. The summed E-state index contributed by atoms with van der Waals surface area (Å²) in [6, 6.07) is 14.0. The SMILES string of the molecule is O=C(C1=NN(Cc2cccc(Cl)c2)c2ccccc2S1(=O)=O)N1CCCCCC1. The van der Waals surface area contributed by atoms with Crippen LogP contribution < -0.4 is 5.01 Å². The molecule has 6 nitrogen and oxygen atoms in total. The number of halogens is 1. The van der Waals surface area contributed by atoms with Gasteiger partial charge in [0.1, 0.15) is 0 Å². The number of fused-ring (bicyclic) bond motifs is 1. The summed E-state index contributed by atoms with van der Waals surface area (Å²) in [4.78, 5) is 14.9. The largest absolute Gasteiger partial charge is 0.337 e. The summed E-state index contributed by atoms with van der Waals surface area (Å²) in [5.41, 5.74) is 1.33.